The summed E-state index contributed by atoms with van der Waals surface area (Å²) in [6.45, 7) is -0.536. The first-order valence-electron chi connectivity index (χ1n) is 11.1. The zero-order valence-corrected chi connectivity index (χ0v) is 18.8. The van der Waals surface area contributed by atoms with Crippen LogP contribution < -0.4 is 21.5 Å². The van der Waals surface area contributed by atoms with Crippen molar-refractivity contribution >= 4 is 23.8 Å². The lowest BCUT2D eigenvalue weighted by molar-refractivity contribution is -0.147. The van der Waals surface area contributed by atoms with Gasteiger partial charge in [0.1, 0.15) is 18.6 Å². The Morgan fingerprint density at radius 2 is 1.49 bits per heavy atom. The van der Waals surface area contributed by atoms with Gasteiger partial charge in [0.15, 0.2) is 6.10 Å². The molecule has 0 aliphatic carbocycles. The maximum atomic E-state index is 12.8. The van der Waals surface area contributed by atoms with Crippen molar-refractivity contribution in [3.63, 3.8) is 0 Å². The lowest BCUT2D eigenvalue weighted by Gasteiger charge is -2.22. The van der Waals surface area contributed by atoms with E-state index >= 15 is 0 Å². The van der Waals surface area contributed by atoms with E-state index in [-0.39, 0.29) is 19.3 Å². The van der Waals surface area contributed by atoms with Crippen LogP contribution in [0.2, 0.25) is 0 Å². The molecule has 1 aliphatic rings. The second-order valence-corrected chi connectivity index (χ2v) is 8.30. The number of aliphatic carboxylic acids is 2. The number of hydrogen-bond donors (Lipinski definition) is 7. The molecule has 3 unspecified atom stereocenters. The number of aliphatic hydroxyl groups excluding tert-OH is 1. The zero-order chi connectivity index (χ0) is 25.4. The van der Waals surface area contributed by atoms with Crippen LogP contribution in [0.5, 0.6) is 0 Å². The van der Waals surface area contributed by atoms with Gasteiger partial charge in [-0.3, -0.25) is 14.4 Å². The highest BCUT2D eigenvalue weighted by Gasteiger charge is 2.34. The van der Waals surface area contributed by atoms with E-state index in [0.717, 1.165) is 16.7 Å². The molecule has 0 saturated carbocycles. The van der Waals surface area contributed by atoms with Crippen LogP contribution in [0.25, 0.3) is 11.1 Å². The Labute approximate surface area is 201 Å². The molecule has 35 heavy (non-hydrogen) atoms. The van der Waals surface area contributed by atoms with Crippen LogP contribution in [0.1, 0.15) is 18.4 Å². The molecule has 0 bridgehead atoms. The molecule has 1 heterocycles. The number of amides is 2. The second-order valence-electron chi connectivity index (χ2n) is 8.30. The Morgan fingerprint density at radius 1 is 0.886 bits per heavy atom. The number of hydrazine groups is 1. The van der Waals surface area contributed by atoms with Crippen LogP contribution in [-0.2, 0) is 25.6 Å². The van der Waals surface area contributed by atoms with E-state index in [1.54, 1.807) is 0 Å². The number of hydrogen-bond acceptors (Lipinski definition) is 7. The maximum absolute atomic E-state index is 12.8. The highest BCUT2D eigenvalue weighted by Crippen LogP contribution is 2.20. The molecule has 2 aromatic rings. The van der Waals surface area contributed by atoms with Crippen molar-refractivity contribution in [2.24, 2.45) is 0 Å². The predicted octanol–water partition coefficient (Wildman–Crippen LogP) is -0.348. The fourth-order valence-electron chi connectivity index (χ4n) is 3.80. The van der Waals surface area contributed by atoms with E-state index < -0.39 is 54.5 Å². The first-order chi connectivity index (χ1) is 16.7. The summed E-state index contributed by atoms with van der Waals surface area (Å²) in [6, 6.07) is 15.1. The third kappa shape index (κ3) is 7.60. The zero-order valence-electron chi connectivity index (χ0n) is 18.8. The van der Waals surface area contributed by atoms with E-state index in [1.807, 2.05) is 54.6 Å². The molecule has 0 aromatic heterocycles. The van der Waals surface area contributed by atoms with Crippen molar-refractivity contribution in [3.05, 3.63) is 60.2 Å². The Hall–Kier alpha value is -3.80. The summed E-state index contributed by atoms with van der Waals surface area (Å²) in [5.41, 5.74) is 8.25. The quantitative estimate of drug-likeness (QED) is 0.225. The molecule has 11 heteroatoms. The third-order valence-electron chi connectivity index (χ3n) is 5.63. The van der Waals surface area contributed by atoms with E-state index in [1.165, 1.54) is 0 Å². The molecule has 3 rings (SSSR count). The van der Waals surface area contributed by atoms with Gasteiger partial charge < -0.3 is 26.0 Å². The molecule has 4 atom stereocenters. The van der Waals surface area contributed by atoms with Crippen LogP contribution >= 0.6 is 0 Å². The number of aliphatic hydroxyl groups is 1. The van der Waals surface area contributed by atoms with Crippen LogP contribution in [-0.4, -0.2) is 69.8 Å². The highest BCUT2D eigenvalue weighted by molar-refractivity contribution is 5.88. The summed E-state index contributed by atoms with van der Waals surface area (Å²) in [4.78, 5) is 46.6. The number of nitrogens with one attached hydrogen (secondary N) is 4. The highest BCUT2D eigenvalue weighted by atomic mass is 16.4. The standard InChI is InChI=1S/C24H28N4O7/c29-20(24(34)35)11-17(10-14-6-8-16(9-7-14)15-4-2-1-3-5-15)26-23(33)19-12-18(27-28-19)22(32)25-13-21(30)31/h1-9,17-20,27-29H,10-13H2,(H,25,32)(H,26,33)(H,30,31)(H,34,35)/t17?,18?,19?,20-/m1/s1. The number of rotatable bonds is 11. The molecule has 2 aromatic carbocycles. The van der Waals surface area contributed by atoms with E-state index in [4.69, 9.17) is 10.2 Å². The van der Waals surface area contributed by atoms with Gasteiger partial charge in [-0.15, -0.1) is 0 Å². The van der Waals surface area contributed by atoms with Gasteiger partial charge in [0.05, 0.1) is 0 Å². The molecular weight excluding hydrogens is 456 g/mol. The molecule has 1 aliphatic heterocycles. The summed E-state index contributed by atoms with van der Waals surface area (Å²) in [7, 11) is 0. The van der Waals surface area contributed by atoms with Crippen molar-refractivity contribution in [1.29, 1.82) is 0 Å². The summed E-state index contributed by atoms with van der Waals surface area (Å²) in [5, 5.41) is 32.7. The average Bonchev–Trinajstić information content (AvgIpc) is 3.34. The molecule has 1 saturated heterocycles. The molecule has 11 nitrogen and oxygen atoms in total. The van der Waals surface area contributed by atoms with Gasteiger partial charge in [0.25, 0.3) is 0 Å². The van der Waals surface area contributed by atoms with Crippen LogP contribution in [0.3, 0.4) is 0 Å². The van der Waals surface area contributed by atoms with Gasteiger partial charge in [-0.05, 0) is 29.5 Å². The molecular formula is C24H28N4O7. The fraction of sp³-hybridized carbons (Fsp3) is 0.333. The van der Waals surface area contributed by atoms with Gasteiger partial charge in [-0.2, -0.15) is 0 Å². The van der Waals surface area contributed by atoms with Crippen molar-refractivity contribution in [2.75, 3.05) is 6.54 Å². The van der Waals surface area contributed by atoms with Crippen LogP contribution in [0.4, 0.5) is 0 Å². The van der Waals surface area contributed by atoms with Crippen molar-refractivity contribution in [1.82, 2.24) is 21.5 Å². The Bertz CT molecular complexity index is 1050. The smallest absolute Gasteiger partial charge is 0.332 e. The molecule has 186 valence electrons. The van der Waals surface area contributed by atoms with E-state index in [0.29, 0.717) is 0 Å². The molecule has 0 spiro atoms. The molecule has 2 amide bonds. The summed E-state index contributed by atoms with van der Waals surface area (Å²) < 4.78 is 0. The molecule has 7 N–H and O–H groups in total. The largest absolute Gasteiger partial charge is 0.480 e. The SMILES string of the molecule is O=C(O)CNC(=O)C1CC(C(=O)NC(Cc2ccc(-c3ccccc3)cc2)C[C@@H](O)C(=O)O)NN1. The van der Waals surface area contributed by atoms with Gasteiger partial charge in [-0.25, -0.2) is 15.6 Å². The molecule has 0 radical (unpaired) electrons. The van der Waals surface area contributed by atoms with Gasteiger partial charge in [0.2, 0.25) is 11.8 Å². The second kappa shape index (κ2) is 12.1. The van der Waals surface area contributed by atoms with Gasteiger partial charge in [-0.1, -0.05) is 54.6 Å². The number of carboxylic acids is 2. The first kappa shape index (κ1) is 25.8. The minimum absolute atomic E-state index is 0.0667. The maximum Gasteiger partial charge on any atom is 0.332 e. The fourth-order valence-corrected chi connectivity index (χ4v) is 3.80. The Kier molecular flexibility index (Phi) is 8.90. The van der Waals surface area contributed by atoms with E-state index in [9.17, 15) is 24.3 Å². The summed E-state index contributed by atoms with van der Waals surface area (Å²) >= 11 is 0. The topological polar surface area (TPSA) is 177 Å². The summed E-state index contributed by atoms with van der Waals surface area (Å²) in [6.07, 6.45) is -1.51. The van der Waals surface area contributed by atoms with Gasteiger partial charge in [0, 0.05) is 12.5 Å². The predicted molar refractivity (Wildman–Crippen MR) is 125 cm³/mol. The van der Waals surface area contributed by atoms with Crippen molar-refractivity contribution < 1.29 is 34.5 Å². The minimum Gasteiger partial charge on any atom is -0.480 e. The number of carbonyl (C=O) groups excluding carboxylic acids is 2. The third-order valence-corrected chi connectivity index (χ3v) is 5.63. The minimum atomic E-state index is -1.66. The normalized spacial score (nSPS) is 18.9. The van der Waals surface area contributed by atoms with Crippen molar-refractivity contribution in [2.45, 2.75) is 43.5 Å². The van der Waals surface area contributed by atoms with E-state index in [2.05, 4.69) is 21.5 Å². The molecule has 1 fully saturated rings. The number of carbonyl (C=O) groups is 4. The first-order valence-corrected chi connectivity index (χ1v) is 11.1. The number of benzene rings is 2. The van der Waals surface area contributed by atoms with Crippen LogP contribution in [0, 0.1) is 0 Å². The van der Waals surface area contributed by atoms with Crippen molar-refractivity contribution in [3.8, 4) is 11.1 Å². The number of carboxylic acid groups (broad SMARTS) is 2. The van der Waals surface area contributed by atoms with Crippen LogP contribution in [0.15, 0.2) is 54.6 Å². The Morgan fingerprint density at radius 3 is 2.09 bits per heavy atom. The van der Waals surface area contributed by atoms with Gasteiger partial charge >= 0.3 is 11.9 Å². The lowest BCUT2D eigenvalue weighted by Crippen LogP contribution is -2.49. The summed E-state index contributed by atoms with van der Waals surface area (Å²) in [5.74, 6) is -3.61. The Balaban J connectivity index is 1.63. The average molecular weight is 485 g/mol. The lowest BCUT2D eigenvalue weighted by atomic mass is 9.97. The monoisotopic (exact) mass is 484 g/mol.